The van der Waals surface area contributed by atoms with E-state index in [1.54, 1.807) is 35.3 Å². The Kier molecular flexibility index (Phi) is 5.38. The molecule has 0 bridgehead atoms. The van der Waals surface area contributed by atoms with E-state index in [0.29, 0.717) is 30.3 Å². The van der Waals surface area contributed by atoms with E-state index in [1.807, 2.05) is 26.0 Å². The fourth-order valence-electron chi connectivity index (χ4n) is 3.15. The smallest absolute Gasteiger partial charge is 0.251 e. The Labute approximate surface area is 172 Å². The first-order chi connectivity index (χ1) is 14.5. The summed E-state index contributed by atoms with van der Waals surface area (Å²) in [6, 6.07) is 10.2. The predicted molar refractivity (Wildman–Crippen MR) is 113 cm³/mol. The summed E-state index contributed by atoms with van der Waals surface area (Å²) in [6.45, 7) is 4.20. The van der Waals surface area contributed by atoms with Gasteiger partial charge < -0.3 is 14.9 Å². The first-order valence-corrected chi connectivity index (χ1v) is 9.63. The number of anilines is 1. The Hall–Kier alpha value is -3.81. The minimum absolute atomic E-state index is 0.185. The molecule has 0 spiro atoms. The zero-order chi connectivity index (χ0) is 21.1. The van der Waals surface area contributed by atoms with Crippen molar-refractivity contribution in [1.29, 1.82) is 0 Å². The van der Waals surface area contributed by atoms with Gasteiger partial charge in [-0.1, -0.05) is 13.0 Å². The van der Waals surface area contributed by atoms with Crippen molar-refractivity contribution in [2.24, 2.45) is 0 Å². The first kappa shape index (κ1) is 19.5. The molecule has 3 heterocycles. The lowest BCUT2D eigenvalue weighted by molar-refractivity contribution is 0.614. The highest BCUT2D eigenvalue weighted by Gasteiger charge is 2.08. The number of hydrogen-bond acceptors (Lipinski definition) is 5. The van der Waals surface area contributed by atoms with Crippen LogP contribution in [0.15, 0.2) is 59.8 Å². The monoisotopic (exact) mass is 404 g/mol. The summed E-state index contributed by atoms with van der Waals surface area (Å²) in [5.41, 5.74) is 2.52. The van der Waals surface area contributed by atoms with Gasteiger partial charge in [-0.15, -0.1) is 0 Å². The van der Waals surface area contributed by atoms with E-state index in [0.717, 1.165) is 22.6 Å². The Balaban J connectivity index is 1.46. The van der Waals surface area contributed by atoms with Crippen molar-refractivity contribution in [3.8, 4) is 17.1 Å². The van der Waals surface area contributed by atoms with Gasteiger partial charge in [-0.2, -0.15) is 0 Å². The predicted octanol–water partition coefficient (Wildman–Crippen LogP) is 3.64. The van der Waals surface area contributed by atoms with E-state index in [9.17, 15) is 9.18 Å². The van der Waals surface area contributed by atoms with Crippen molar-refractivity contribution in [3.63, 3.8) is 0 Å². The molecule has 0 aliphatic rings. The molecule has 0 amide bonds. The Morgan fingerprint density at radius 1 is 1.17 bits per heavy atom. The number of imidazole rings is 1. The van der Waals surface area contributed by atoms with E-state index in [-0.39, 0.29) is 11.4 Å². The fraction of sp³-hybridized carbons (Fsp3) is 0.182. The summed E-state index contributed by atoms with van der Waals surface area (Å²) in [6.07, 6.45) is 5.70. The maximum Gasteiger partial charge on any atom is 0.251 e. The van der Waals surface area contributed by atoms with Gasteiger partial charge in [0.2, 0.25) is 0 Å². The van der Waals surface area contributed by atoms with Crippen molar-refractivity contribution < 1.29 is 4.39 Å². The number of nitrogens with one attached hydrogen (secondary N) is 2. The highest BCUT2D eigenvalue weighted by molar-refractivity contribution is 5.56. The van der Waals surface area contributed by atoms with Crippen molar-refractivity contribution >= 4 is 5.82 Å². The summed E-state index contributed by atoms with van der Waals surface area (Å²) in [7, 11) is 0. The van der Waals surface area contributed by atoms with Gasteiger partial charge in [-0.3, -0.25) is 4.79 Å². The molecule has 0 aliphatic carbocycles. The van der Waals surface area contributed by atoms with E-state index in [4.69, 9.17) is 0 Å². The number of aromatic amines is 1. The van der Waals surface area contributed by atoms with Gasteiger partial charge >= 0.3 is 0 Å². The average molecular weight is 404 g/mol. The number of H-pyrrole nitrogens is 1. The summed E-state index contributed by atoms with van der Waals surface area (Å²) >= 11 is 0. The standard InChI is InChI=1S/C22H21FN6O/c1-3-17-11-21(30)28-22(27-17)16-5-7-20(26-13-16)25-12-15-4-6-19(18(23)10-15)29-9-8-24-14(29)2/h4-11,13H,3,12H2,1-2H3,(H,25,26)(H,27,28,30). The van der Waals surface area contributed by atoms with Gasteiger partial charge in [-0.05, 0) is 43.2 Å². The molecule has 1 aromatic carbocycles. The molecular weight excluding hydrogens is 383 g/mol. The van der Waals surface area contributed by atoms with Crippen LogP contribution in [0.5, 0.6) is 0 Å². The molecule has 4 rings (SSSR count). The molecule has 0 unspecified atom stereocenters. The SMILES string of the molecule is CCc1cc(=O)[nH]c(-c2ccc(NCc3ccc(-n4ccnc4C)c(F)c3)nc2)n1. The van der Waals surface area contributed by atoms with Crippen LogP contribution >= 0.6 is 0 Å². The third-order valence-corrected chi connectivity index (χ3v) is 4.76. The molecular formula is C22H21FN6O. The molecule has 8 heteroatoms. The number of nitrogens with zero attached hydrogens (tertiary/aromatic N) is 4. The highest BCUT2D eigenvalue weighted by Crippen LogP contribution is 2.19. The zero-order valence-electron chi connectivity index (χ0n) is 16.7. The van der Waals surface area contributed by atoms with Crippen LogP contribution in [0.1, 0.15) is 24.0 Å². The quantitative estimate of drug-likeness (QED) is 0.512. The number of rotatable bonds is 6. The molecule has 0 radical (unpaired) electrons. The Morgan fingerprint density at radius 2 is 2.03 bits per heavy atom. The van der Waals surface area contributed by atoms with Crippen molar-refractivity contribution in [3.05, 3.63) is 88.2 Å². The maximum atomic E-state index is 14.5. The number of pyridine rings is 1. The van der Waals surface area contributed by atoms with Crippen LogP contribution in [0.25, 0.3) is 17.1 Å². The highest BCUT2D eigenvalue weighted by atomic mass is 19.1. The van der Waals surface area contributed by atoms with Crippen LogP contribution in [0.2, 0.25) is 0 Å². The third kappa shape index (κ3) is 4.12. The number of aromatic nitrogens is 5. The van der Waals surface area contributed by atoms with E-state index >= 15 is 0 Å². The van der Waals surface area contributed by atoms with Gasteiger partial charge in [0.05, 0.1) is 5.69 Å². The van der Waals surface area contributed by atoms with Crippen molar-refractivity contribution in [1.82, 2.24) is 24.5 Å². The van der Waals surface area contributed by atoms with Crippen LogP contribution in [-0.2, 0) is 13.0 Å². The van der Waals surface area contributed by atoms with Crippen LogP contribution in [0.4, 0.5) is 10.2 Å². The molecule has 0 saturated carbocycles. The lowest BCUT2D eigenvalue weighted by Gasteiger charge is -2.10. The van der Waals surface area contributed by atoms with Crippen molar-refractivity contribution in [2.75, 3.05) is 5.32 Å². The first-order valence-electron chi connectivity index (χ1n) is 9.63. The number of aryl methyl sites for hydroxylation is 2. The third-order valence-electron chi connectivity index (χ3n) is 4.76. The second kappa shape index (κ2) is 8.28. The minimum atomic E-state index is -0.315. The van der Waals surface area contributed by atoms with Gasteiger partial charge in [0.15, 0.2) is 0 Å². The van der Waals surface area contributed by atoms with Gasteiger partial charge in [0, 0.05) is 42.5 Å². The van der Waals surface area contributed by atoms with Crippen LogP contribution in [0, 0.1) is 12.7 Å². The number of halogens is 1. The lowest BCUT2D eigenvalue weighted by atomic mass is 10.2. The zero-order valence-corrected chi connectivity index (χ0v) is 16.7. The van der Waals surface area contributed by atoms with Crippen LogP contribution in [-0.4, -0.2) is 24.5 Å². The summed E-state index contributed by atoms with van der Waals surface area (Å²) in [5, 5.41) is 3.18. The van der Waals surface area contributed by atoms with E-state index in [1.165, 1.54) is 12.1 Å². The van der Waals surface area contributed by atoms with Crippen molar-refractivity contribution in [2.45, 2.75) is 26.8 Å². The second-order valence-electron chi connectivity index (χ2n) is 6.85. The number of benzene rings is 1. The average Bonchev–Trinajstić information content (AvgIpc) is 3.17. The normalized spacial score (nSPS) is 10.9. The van der Waals surface area contributed by atoms with Crippen LogP contribution < -0.4 is 10.9 Å². The van der Waals surface area contributed by atoms with Gasteiger partial charge in [0.1, 0.15) is 23.3 Å². The minimum Gasteiger partial charge on any atom is -0.366 e. The van der Waals surface area contributed by atoms with E-state index < -0.39 is 0 Å². The molecule has 30 heavy (non-hydrogen) atoms. The Morgan fingerprint density at radius 3 is 2.70 bits per heavy atom. The molecule has 0 aliphatic heterocycles. The summed E-state index contributed by atoms with van der Waals surface area (Å²) in [5.74, 6) is 1.54. The molecule has 0 atom stereocenters. The largest absolute Gasteiger partial charge is 0.366 e. The number of hydrogen-bond donors (Lipinski definition) is 2. The fourth-order valence-corrected chi connectivity index (χ4v) is 3.15. The summed E-state index contributed by atoms with van der Waals surface area (Å²) in [4.78, 5) is 27.4. The van der Waals surface area contributed by atoms with Gasteiger partial charge in [-0.25, -0.2) is 19.3 Å². The molecule has 0 fully saturated rings. The molecule has 0 saturated heterocycles. The molecule has 4 aromatic rings. The topological polar surface area (TPSA) is 88.5 Å². The molecule has 2 N–H and O–H groups in total. The van der Waals surface area contributed by atoms with E-state index in [2.05, 4.69) is 25.3 Å². The second-order valence-corrected chi connectivity index (χ2v) is 6.85. The maximum absolute atomic E-state index is 14.5. The summed E-state index contributed by atoms with van der Waals surface area (Å²) < 4.78 is 16.2. The Bertz CT molecular complexity index is 1230. The molecule has 152 valence electrons. The molecule has 3 aromatic heterocycles. The molecule has 7 nitrogen and oxygen atoms in total. The van der Waals surface area contributed by atoms with Gasteiger partial charge in [0.25, 0.3) is 5.56 Å². The van der Waals surface area contributed by atoms with Crippen LogP contribution in [0.3, 0.4) is 0 Å². The lowest BCUT2D eigenvalue weighted by Crippen LogP contribution is -2.10.